The first-order chi connectivity index (χ1) is 15.6. The maximum absolute atomic E-state index is 9.57. The molecule has 0 bridgehead atoms. The molecule has 0 radical (unpaired) electrons. The maximum Gasteiger partial charge on any atom is 0.227 e. The normalized spacial score (nSPS) is 12.3. The molecular formula is C24H29N7O. The minimum atomic E-state index is -0.101. The van der Waals surface area contributed by atoms with Gasteiger partial charge in [0, 0.05) is 25.0 Å². The van der Waals surface area contributed by atoms with Gasteiger partial charge in [-0.15, -0.1) is 0 Å². The highest BCUT2D eigenvalue weighted by molar-refractivity contribution is 5.84. The smallest absolute Gasteiger partial charge is 0.227 e. The molecule has 4 rings (SSSR count). The third-order valence-corrected chi connectivity index (χ3v) is 5.43. The highest BCUT2D eigenvalue weighted by Crippen LogP contribution is 2.25. The van der Waals surface area contributed by atoms with E-state index < -0.39 is 0 Å². The summed E-state index contributed by atoms with van der Waals surface area (Å²) in [5.41, 5.74) is 4.84. The van der Waals surface area contributed by atoms with Gasteiger partial charge in [-0.3, -0.25) is 4.98 Å². The maximum atomic E-state index is 9.57. The topological polar surface area (TPSA) is 101 Å². The number of fused-ring (bicyclic) bond motifs is 1. The molecule has 1 aromatic carbocycles. The van der Waals surface area contributed by atoms with Crippen LogP contribution < -0.4 is 10.6 Å². The van der Waals surface area contributed by atoms with Gasteiger partial charge in [0.1, 0.15) is 0 Å². The number of imidazole rings is 1. The molecule has 0 aliphatic rings. The van der Waals surface area contributed by atoms with Crippen LogP contribution in [0.5, 0.6) is 0 Å². The van der Waals surface area contributed by atoms with E-state index in [-0.39, 0.29) is 18.7 Å². The zero-order chi connectivity index (χ0) is 22.5. The molecule has 0 unspecified atom stereocenters. The van der Waals surface area contributed by atoms with E-state index >= 15 is 0 Å². The molecule has 0 fully saturated rings. The molecule has 0 amide bonds. The number of hydrogen-bond acceptors (Lipinski definition) is 7. The lowest BCUT2D eigenvalue weighted by Gasteiger charge is -2.16. The van der Waals surface area contributed by atoms with Crippen LogP contribution in [0.15, 0.2) is 55.1 Å². The van der Waals surface area contributed by atoms with E-state index in [4.69, 9.17) is 0 Å². The summed E-state index contributed by atoms with van der Waals surface area (Å²) in [6.45, 7) is 6.82. The minimum Gasteiger partial charge on any atom is -0.394 e. The summed E-state index contributed by atoms with van der Waals surface area (Å²) in [7, 11) is 0. The molecule has 32 heavy (non-hydrogen) atoms. The lowest BCUT2D eigenvalue weighted by atomic mass is 10.1. The standard InChI is InChI=1S/C24H29N7O/c1-4-20(14-32)28-24-29-22(21-23(30-24)31(15-27-21)16(2)3)26-12-17-7-9-18(10-8-17)19-6-5-11-25-13-19/h5-11,13,15-16,20,32H,4,12,14H2,1-3H3,(H2,26,28,29,30)/t20-/m1/s1. The molecule has 166 valence electrons. The van der Waals surface area contributed by atoms with Gasteiger partial charge in [-0.2, -0.15) is 9.97 Å². The van der Waals surface area contributed by atoms with Crippen LogP contribution in [-0.4, -0.2) is 42.3 Å². The Bertz CT molecular complexity index is 1150. The quantitative estimate of drug-likeness (QED) is 0.364. The van der Waals surface area contributed by atoms with Crippen molar-refractivity contribution in [1.29, 1.82) is 0 Å². The summed E-state index contributed by atoms with van der Waals surface area (Å²) in [4.78, 5) is 18.1. The SMILES string of the molecule is CC[C@H](CO)Nc1nc(NCc2ccc(-c3cccnc3)cc2)c2ncn(C(C)C)c2n1. The summed E-state index contributed by atoms with van der Waals surface area (Å²) in [5.74, 6) is 1.15. The van der Waals surface area contributed by atoms with Crippen molar-refractivity contribution >= 4 is 22.9 Å². The predicted molar refractivity (Wildman–Crippen MR) is 127 cm³/mol. The highest BCUT2D eigenvalue weighted by atomic mass is 16.3. The van der Waals surface area contributed by atoms with Gasteiger partial charge < -0.3 is 20.3 Å². The molecule has 0 spiro atoms. The van der Waals surface area contributed by atoms with Crippen molar-refractivity contribution in [3.8, 4) is 11.1 Å². The minimum absolute atomic E-state index is 0.0212. The Hall–Kier alpha value is -3.52. The largest absolute Gasteiger partial charge is 0.394 e. The second-order valence-corrected chi connectivity index (χ2v) is 8.04. The van der Waals surface area contributed by atoms with Crippen LogP contribution in [0.1, 0.15) is 38.8 Å². The van der Waals surface area contributed by atoms with Gasteiger partial charge in [0.25, 0.3) is 0 Å². The van der Waals surface area contributed by atoms with Crippen molar-refractivity contribution < 1.29 is 5.11 Å². The highest BCUT2D eigenvalue weighted by Gasteiger charge is 2.16. The van der Waals surface area contributed by atoms with E-state index in [2.05, 4.69) is 68.7 Å². The molecule has 3 aromatic heterocycles. The number of nitrogens with zero attached hydrogens (tertiary/aromatic N) is 5. The number of aliphatic hydroxyl groups is 1. The van der Waals surface area contributed by atoms with E-state index in [9.17, 15) is 5.11 Å². The molecule has 3 heterocycles. The Labute approximate surface area is 187 Å². The fraction of sp³-hybridized carbons (Fsp3) is 0.333. The van der Waals surface area contributed by atoms with E-state index in [0.29, 0.717) is 18.3 Å². The fourth-order valence-electron chi connectivity index (χ4n) is 3.48. The molecule has 4 aromatic rings. The Balaban J connectivity index is 1.58. The molecule has 0 aliphatic heterocycles. The molecule has 0 saturated carbocycles. The van der Waals surface area contributed by atoms with E-state index in [1.165, 1.54) is 0 Å². The Morgan fingerprint density at radius 2 is 1.88 bits per heavy atom. The van der Waals surface area contributed by atoms with Crippen LogP contribution in [0.4, 0.5) is 11.8 Å². The van der Waals surface area contributed by atoms with Gasteiger partial charge in [0.2, 0.25) is 5.95 Å². The Morgan fingerprint density at radius 1 is 1.06 bits per heavy atom. The van der Waals surface area contributed by atoms with Gasteiger partial charge in [-0.25, -0.2) is 4.98 Å². The number of aromatic nitrogens is 5. The zero-order valence-electron chi connectivity index (χ0n) is 18.7. The first kappa shape index (κ1) is 21.7. The summed E-state index contributed by atoms with van der Waals surface area (Å²) >= 11 is 0. The predicted octanol–water partition coefficient (Wildman–Crippen LogP) is 4.26. The van der Waals surface area contributed by atoms with Gasteiger partial charge >= 0.3 is 0 Å². The second-order valence-electron chi connectivity index (χ2n) is 8.04. The summed E-state index contributed by atoms with van der Waals surface area (Å²) in [5, 5.41) is 16.2. The van der Waals surface area contributed by atoms with Crippen LogP contribution in [-0.2, 0) is 6.54 Å². The average molecular weight is 432 g/mol. The molecule has 0 saturated heterocycles. The van der Waals surface area contributed by atoms with Crippen LogP contribution in [0.3, 0.4) is 0 Å². The Morgan fingerprint density at radius 3 is 2.53 bits per heavy atom. The third kappa shape index (κ3) is 4.70. The monoisotopic (exact) mass is 431 g/mol. The van der Waals surface area contributed by atoms with Crippen molar-refractivity contribution in [2.24, 2.45) is 0 Å². The number of hydrogen-bond donors (Lipinski definition) is 3. The molecule has 8 heteroatoms. The number of aliphatic hydroxyl groups excluding tert-OH is 1. The third-order valence-electron chi connectivity index (χ3n) is 5.43. The van der Waals surface area contributed by atoms with Crippen LogP contribution in [0.2, 0.25) is 0 Å². The van der Waals surface area contributed by atoms with Gasteiger partial charge in [-0.1, -0.05) is 37.3 Å². The lowest BCUT2D eigenvalue weighted by molar-refractivity contribution is 0.271. The van der Waals surface area contributed by atoms with E-state index in [0.717, 1.165) is 34.3 Å². The molecular weight excluding hydrogens is 402 g/mol. The number of rotatable bonds is 9. The van der Waals surface area contributed by atoms with Gasteiger partial charge in [0.05, 0.1) is 19.0 Å². The first-order valence-electron chi connectivity index (χ1n) is 10.9. The average Bonchev–Trinajstić information content (AvgIpc) is 3.26. The van der Waals surface area contributed by atoms with E-state index in [1.54, 1.807) is 12.5 Å². The number of benzene rings is 1. The number of pyridine rings is 1. The number of nitrogens with one attached hydrogen (secondary N) is 2. The van der Waals surface area contributed by atoms with Crippen molar-refractivity contribution in [3.05, 3.63) is 60.7 Å². The summed E-state index contributed by atoms with van der Waals surface area (Å²) in [6.07, 6.45) is 6.20. The molecule has 1 atom stereocenters. The van der Waals surface area contributed by atoms with Gasteiger partial charge in [0.15, 0.2) is 17.0 Å². The van der Waals surface area contributed by atoms with Crippen molar-refractivity contribution in [2.75, 3.05) is 17.2 Å². The molecule has 3 N–H and O–H groups in total. The second kappa shape index (κ2) is 9.74. The lowest BCUT2D eigenvalue weighted by Crippen LogP contribution is -2.24. The van der Waals surface area contributed by atoms with Crippen molar-refractivity contribution in [3.63, 3.8) is 0 Å². The van der Waals surface area contributed by atoms with Crippen LogP contribution in [0.25, 0.3) is 22.3 Å². The zero-order valence-corrected chi connectivity index (χ0v) is 18.7. The number of anilines is 2. The molecule has 0 aliphatic carbocycles. The van der Waals surface area contributed by atoms with Gasteiger partial charge in [-0.05, 0) is 43.0 Å². The first-order valence-corrected chi connectivity index (χ1v) is 10.9. The van der Waals surface area contributed by atoms with Crippen LogP contribution >= 0.6 is 0 Å². The fourth-order valence-corrected chi connectivity index (χ4v) is 3.48. The van der Waals surface area contributed by atoms with Crippen molar-refractivity contribution in [1.82, 2.24) is 24.5 Å². The van der Waals surface area contributed by atoms with Crippen LogP contribution in [0, 0.1) is 0 Å². The Kier molecular flexibility index (Phi) is 6.61. The molecule has 8 nitrogen and oxygen atoms in total. The summed E-state index contributed by atoms with van der Waals surface area (Å²) < 4.78 is 2.02. The summed E-state index contributed by atoms with van der Waals surface area (Å²) in [6, 6.07) is 12.5. The van der Waals surface area contributed by atoms with Crippen molar-refractivity contribution in [2.45, 2.75) is 45.8 Å². The van der Waals surface area contributed by atoms with E-state index in [1.807, 2.05) is 29.8 Å².